The first-order chi connectivity index (χ1) is 14.4. The highest BCUT2D eigenvalue weighted by atomic mass is 19.1. The molecule has 3 heterocycles. The summed E-state index contributed by atoms with van der Waals surface area (Å²) < 4.78 is 45.9. The Balaban J connectivity index is 1.42. The highest BCUT2D eigenvalue weighted by Crippen LogP contribution is 2.25. The second kappa shape index (κ2) is 8.53. The van der Waals surface area contributed by atoms with E-state index in [-0.39, 0.29) is 23.2 Å². The molecule has 9 heteroatoms. The number of hydrogen-bond acceptors (Lipinski definition) is 5. The molecule has 4 rings (SSSR count). The van der Waals surface area contributed by atoms with Gasteiger partial charge in [0, 0.05) is 18.1 Å². The summed E-state index contributed by atoms with van der Waals surface area (Å²) in [5.41, 5.74) is -0.736. The van der Waals surface area contributed by atoms with Crippen LogP contribution in [0.2, 0.25) is 0 Å². The molecule has 0 saturated carbocycles. The Labute approximate surface area is 171 Å². The van der Waals surface area contributed by atoms with Gasteiger partial charge in [-0.25, -0.2) is 18.2 Å². The van der Waals surface area contributed by atoms with Gasteiger partial charge in [-0.3, -0.25) is 14.5 Å². The van der Waals surface area contributed by atoms with Crippen molar-refractivity contribution >= 4 is 17.5 Å². The molecule has 2 saturated heterocycles. The van der Waals surface area contributed by atoms with E-state index in [0.29, 0.717) is 31.0 Å². The van der Waals surface area contributed by atoms with Crippen LogP contribution < -0.4 is 5.32 Å². The molecule has 2 aromatic rings. The lowest BCUT2D eigenvalue weighted by molar-refractivity contribution is -0.0725. The van der Waals surface area contributed by atoms with Crippen molar-refractivity contribution in [1.29, 1.82) is 0 Å². The average Bonchev–Trinajstić information content (AvgIpc) is 2.66. The van der Waals surface area contributed by atoms with Crippen LogP contribution in [0.3, 0.4) is 0 Å². The first-order valence-electron chi connectivity index (χ1n) is 9.71. The van der Waals surface area contributed by atoms with Crippen LogP contribution >= 0.6 is 0 Å². The number of piperidine rings is 1. The van der Waals surface area contributed by atoms with Crippen LogP contribution in [0.4, 0.5) is 19.0 Å². The number of carbonyl (C=O) groups is 2. The quantitative estimate of drug-likeness (QED) is 0.755. The van der Waals surface area contributed by atoms with Gasteiger partial charge in [-0.15, -0.1) is 0 Å². The lowest BCUT2D eigenvalue weighted by atomic mass is 9.90. The van der Waals surface area contributed by atoms with Crippen molar-refractivity contribution in [3.05, 3.63) is 59.0 Å². The van der Waals surface area contributed by atoms with Gasteiger partial charge >= 0.3 is 0 Å². The molecule has 1 amide bonds. The van der Waals surface area contributed by atoms with Gasteiger partial charge in [-0.05, 0) is 38.1 Å². The number of ether oxygens (including phenoxy) is 1. The molecule has 2 fully saturated rings. The molecule has 0 unspecified atom stereocenters. The molecule has 158 valence electrons. The van der Waals surface area contributed by atoms with Crippen LogP contribution in [0.1, 0.15) is 33.7 Å². The molecule has 1 N–H and O–H groups in total. The van der Waals surface area contributed by atoms with Gasteiger partial charge in [0.05, 0.1) is 19.3 Å². The summed E-state index contributed by atoms with van der Waals surface area (Å²) in [7, 11) is 0. The molecule has 0 bridgehead atoms. The second-order valence-corrected chi connectivity index (χ2v) is 7.47. The minimum absolute atomic E-state index is 0.0157. The molecular formula is C21H20F3N3O3. The van der Waals surface area contributed by atoms with Gasteiger partial charge in [-0.2, -0.15) is 0 Å². The van der Waals surface area contributed by atoms with E-state index in [1.54, 1.807) is 6.07 Å². The van der Waals surface area contributed by atoms with Crippen LogP contribution in [-0.4, -0.2) is 53.9 Å². The van der Waals surface area contributed by atoms with E-state index >= 15 is 0 Å². The van der Waals surface area contributed by atoms with Gasteiger partial charge < -0.3 is 10.1 Å². The fourth-order valence-electron chi connectivity index (χ4n) is 3.75. The number of anilines is 1. The number of hydrogen-bond donors (Lipinski definition) is 1. The van der Waals surface area contributed by atoms with Crippen molar-refractivity contribution in [1.82, 2.24) is 9.88 Å². The standard InChI is InChI=1S/C21H20F3N3O3/c22-13-8-15(23)19(16(24)9-13)21(29)26-18-3-1-2-17(25-18)20(28)12-4-6-27(7-5-12)14-10-30-11-14/h1-3,8-9,12,14H,4-7,10-11H2,(H,25,26,29). The third kappa shape index (κ3) is 4.22. The van der Waals surface area contributed by atoms with Crippen molar-refractivity contribution in [3.8, 4) is 0 Å². The van der Waals surface area contributed by atoms with Gasteiger partial charge in [0.15, 0.2) is 5.78 Å². The highest BCUT2D eigenvalue weighted by molar-refractivity contribution is 6.04. The zero-order valence-corrected chi connectivity index (χ0v) is 16.0. The van der Waals surface area contributed by atoms with Crippen molar-refractivity contribution in [3.63, 3.8) is 0 Å². The Kier molecular flexibility index (Phi) is 5.83. The van der Waals surface area contributed by atoms with Crippen molar-refractivity contribution in [2.75, 3.05) is 31.6 Å². The number of rotatable bonds is 5. The SMILES string of the molecule is O=C(Nc1cccc(C(=O)C2CCN(C3COC3)CC2)n1)c1c(F)cc(F)cc1F. The normalized spacial score (nSPS) is 18.1. The summed E-state index contributed by atoms with van der Waals surface area (Å²) in [5.74, 6) is -5.19. The number of ketones is 1. The summed E-state index contributed by atoms with van der Waals surface area (Å²) in [4.78, 5) is 31.5. The molecule has 1 aromatic heterocycles. The fourth-order valence-corrected chi connectivity index (χ4v) is 3.75. The third-order valence-corrected chi connectivity index (χ3v) is 5.51. The number of likely N-dealkylation sites (tertiary alicyclic amines) is 1. The third-order valence-electron chi connectivity index (χ3n) is 5.51. The molecule has 6 nitrogen and oxygen atoms in total. The van der Waals surface area contributed by atoms with E-state index in [2.05, 4.69) is 15.2 Å². The largest absolute Gasteiger partial charge is 0.378 e. The summed E-state index contributed by atoms with van der Waals surface area (Å²) in [6.07, 6.45) is 1.42. The average molecular weight is 419 g/mol. The predicted octanol–water partition coefficient (Wildman–Crippen LogP) is 3.04. The Morgan fingerprint density at radius 3 is 2.33 bits per heavy atom. The van der Waals surface area contributed by atoms with Crippen LogP contribution in [0.15, 0.2) is 30.3 Å². The molecule has 0 radical (unpaired) electrons. The van der Waals surface area contributed by atoms with E-state index in [4.69, 9.17) is 4.74 Å². The van der Waals surface area contributed by atoms with Crippen LogP contribution in [-0.2, 0) is 4.74 Å². The van der Waals surface area contributed by atoms with Crippen LogP contribution in [0.25, 0.3) is 0 Å². The van der Waals surface area contributed by atoms with E-state index in [9.17, 15) is 22.8 Å². The van der Waals surface area contributed by atoms with Gasteiger partial charge in [-0.1, -0.05) is 6.07 Å². The van der Waals surface area contributed by atoms with Crippen LogP contribution in [0.5, 0.6) is 0 Å². The first-order valence-corrected chi connectivity index (χ1v) is 9.71. The number of benzene rings is 1. The van der Waals surface area contributed by atoms with Gasteiger partial charge in [0.25, 0.3) is 5.91 Å². The second-order valence-electron chi connectivity index (χ2n) is 7.47. The molecule has 0 spiro atoms. The van der Waals surface area contributed by atoms with Crippen molar-refractivity contribution in [2.24, 2.45) is 5.92 Å². The maximum Gasteiger partial charge on any atom is 0.262 e. The maximum absolute atomic E-state index is 13.8. The van der Waals surface area contributed by atoms with E-state index in [1.807, 2.05) is 0 Å². The van der Waals surface area contributed by atoms with E-state index in [0.717, 1.165) is 26.3 Å². The number of halogens is 3. The zero-order chi connectivity index (χ0) is 21.3. The molecule has 0 aliphatic carbocycles. The minimum Gasteiger partial charge on any atom is -0.378 e. The Morgan fingerprint density at radius 2 is 1.73 bits per heavy atom. The highest BCUT2D eigenvalue weighted by Gasteiger charge is 2.32. The Bertz CT molecular complexity index is 950. The number of carbonyl (C=O) groups excluding carboxylic acids is 2. The van der Waals surface area contributed by atoms with Crippen LogP contribution in [0, 0.1) is 23.4 Å². The van der Waals surface area contributed by atoms with Crippen molar-refractivity contribution < 1.29 is 27.5 Å². The Hall–Kier alpha value is -2.78. The van der Waals surface area contributed by atoms with E-state index in [1.165, 1.54) is 12.1 Å². The molecule has 0 atom stereocenters. The maximum atomic E-state index is 13.8. The van der Waals surface area contributed by atoms with Crippen molar-refractivity contribution in [2.45, 2.75) is 18.9 Å². The smallest absolute Gasteiger partial charge is 0.262 e. The van der Waals surface area contributed by atoms with E-state index < -0.39 is 28.9 Å². The number of aromatic nitrogens is 1. The van der Waals surface area contributed by atoms with Gasteiger partial charge in [0.2, 0.25) is 0 Å². The fraction of sp³-hybridized carbons (Fsp3) is 0.381. The molecular weight excluding hydrogens is 399 g/mol. The molecule has 1 aromatic carbocycles. The lowest BCUT2D eigenvalue weighted by Gasteiger charge is -2.41. The monoisotopic (exact) mass is 419 g/mol. The molecule has 2 aliphatic heterocycles. The summed E-state index contributed by atoms with van der Waals surface area (Å²) in [6.45, 7) is 3.09. The topological polar surface area (TPSA) is 71.5 Å². The first kappa shape index (κ1) is 20.5. The zero-order valence-electron chi connectivity index (χ0n) is 16.0. The number of Topliss-reactive ketones (excluding diaryl/α,β-unsaturated/α-hetero) is 1. The summed E-state index contributed by atoms with van der Waals surface area (Å²) in [5, 5.41) is 2.27. The van der Waals surface area contributed by atoms with Gasteiger partial charge in [0.1, 0.15) is 34.5 Å². The number of nitrogens with one attached hydrogen (secondary N) is 1. The number of amides is 1. The number of nitrogens with zero attached hydrogens (tertiary/aromatic N) is 2. The summed E-state index contributed by atoms with van der Waals surface area (Å²) >= 11 is 0. The summed E-state index contributed by atoms with van der Waals surface area (Å²) in [6, 6.07) is 5.77. The minimum atomic E-state index is -1.32. The number of pyridine rings is 1. The molecule has 2 aliphatic rings. The predicted molar refractivity (Wildman–Crippen MR) is 102 cm³/mol. The Morgan fingerprint density at radius 1 is 1.07 bits per heavy atom. The lowest BCUT2D eigenvalue weighted by Crippen LogP contribution is -2.52. The molecule has 30 heavy (non-hydrogen) atoms.